The van der Waals surface area contributed by atoms with Crippen LogP contribution >= 0.6 is 0 Å². The molecule has 0 amide bonds. The molecule has 8 heteroatoms. The Labute approximate surface area is 185 Å². The van der Waals surface area contributed by atoms with Gasteiger partial charge in [-0.25, -0.2) is 9.37 Å². The molecule has 3 aromatic rings. The van der Waals surface area contributed by atoms with Gasteiger partial charge in [0.2, 0.25) is 5.84 Å². The van der Waals surface area contributed by atoms with Crippen molar-refractivity contribution in [2.45, 2.75) is 13.0 Å². The summed E-state index contributed by atoms with van der Waals surface area (Å²) in [5, 5.41) is 4.26. The Hall–Kier alpha value is -3.81. The topological polar surface area (TPSA) is 61.1 Å². The molecule has 0 aliphatic carbocycles. The Balaban J connectivity index is 1.45. The van der Waals surface area contributed by atoms with Crippen LogP contribution in [0, 0.1) is 12.7 Å². The number of aryl methyl sites for hydroxylation is 1. The zero-order valence-corrected chi connectivity index (χ0v) is 17.9. The van der Waals surface area contributed by atoms with Gasteiger partial charge in [0.25, 0.3) is 0 Å². The van der Waals surface area contributed by atoms with Crippen molar-refractivity contribution in [1.82, 2.24) is 14.5 Å². The Morgan fingerprint density at radius 1 is 1.19 bits per heavy atom. The molecule has 0 spiro atoms. The van der Waals surface area contributed by atoms with E-state index in [1.165, 1.54) is 12.1 Å². The fourth-order valence-corrected chi connectivity index (χ4v) is 3.99. The second kappa shape index (κ2) is 8.37. The van der Waals surface area contributed by atoms with Crippen molar-refractivity contribution in [2.24, 2.45) is 5.16 Å². The van der Waals surface area contributed by atoms with E-state index in [9.17, 15) is 4.39 Å². The van der Waals surface area contributed by atoms with Crippen LogP contribution in [0.1, 0.15) is 22.9 Å². The van der Waals surface area contributed by atoms with Gasteiger partial charge in [-0.2, -0.15) is 0 Å². The van der Waals surface area contributed by atoms with Gasteiger partial charge in [0, 0.05) is 6.20 Å². The first-order valence-electron chi connectivity index (χ1n) is 10.4. The molecule has 164 valence electrons. The number of imidazole rings is 1. The molecular formula is C24H23FN4O3. The molecule has 0 N–H and O–H groups in total. The van der Waals surface area contributed by atoms with Gasteiger partial charge in [-0.3, -0.25) is 0 Å². The van der Waals surface area contributed by atoms with E-state index in [1.54, 1.807) is 25.6 Å². The number of rotatable bonds is 4. The molecule has 1 aromatic heterocycles. The number of aromatic nitrogens is 2. The van der Waals surface area contributed by atoms with Crippen LogP contribution in [0.5, 0.6) is 5.75 Å². The normalized spacial score (nSPS) is 19.1. The van der Waals surface area contributed by atoms with Gasteiger partial charge in [-0.1, -0.05) is 23.4 Å². The van der Waals surface area contributed by atoms with E-state index in [0.717, 1.165) is 28.3 Å². The van der Waals surface area contributed by atoms with E-state index in [2.05, 4.69) is 15.0 Å². The Bertz CT molecular complexity index is 1190. The van der Waals surface area contributed by atoms with Crippen LogP contribution in [0.15, 0.2) is 65.9 Å². The van der Waals surface area contributed by atoms with Gasteiger partial charge < -0.3 is 23.8 Å². The molecule has 1 fully saturated rings. The summed E-state index contributed by atoms with van der Waals surface area (Å²) < 4.78 is 26.9. The Kier molecular flexibility index (Phi) is 5.26. The highest BCUT2D eigenvalue weighted by Crippen LogP contribution is 2.31. The lowest BCUT2D eigenvalue weighted by Gasteiger charge is -2.39. The zero-order chi connectivity index (χ0) is 22.1. The number of ether oxygens (including phenoxy) is 2. The predicted molar refractivity (Wildman–Crippen MR) is 118 cm³/mol. The van der Waals surface area contributed by atoms with Gasteiger partial charge in [0.15, 0.2) is 5.76 Å². The van der Waals surface area contributed by atoms with Crippen molar-refractivity contribution in [3.63, 3.8) is 0 Å². The third-order valence-electron chi connectivity index (χ3n) is 5.59. The lowest BCUT2D eigenvalue weighted by molar-refractivity contribution is 0.0349. The Morgan fingerprint density at radius 2 is 2.03 bits per heavy atom. The average Bonchev–Trinajstić information content (AvgIpc) is 3.25. The highest BCUT2D eigenvalue weighted by atomic mass is 19.1. The monoisotopic (exact) mass is 434 g/mol. The van der Waals surface area contributed by atoms with Gasteiger partial charge in [0.05, 0.1) is 37.4 Å². The van der Waals surface area contributed by atoms with Crippen molar-refractivity contribution >= 4 is 11.9 Å². The molecule has 32 heavy (non-hydrogen) atoms. The largest absolute Gasteiger partial charge is 0.495 e. The second-order valence-corrected chi connectivity index (χ2v) is 7.68. The van der Waals surface area contributed by atoms with Crippen LogP contribution < -0.4 is 4.74 Å². The van der Waals surface area contributed by atoms with Crippen LogP contribution in [-0.2, 0) is 9.57 Å². The summed E-state index contributed by atoms with van der Waals surface area (Å²) in [5.74, 6) is 1.71. The van der Waals surface area contributed by atoms with Gasteiger partial charge in [0.1, 0.15) is 24.8 Å². The first-order chi connectivity index (χ1) is 15.6. The first-order valence-corrected chi connectivity index (χ1v) is 10.4. The number of nitrogens with zero attached hydrogens (tertiary/aromatic N) is 4. The lowest BCUT2D eigenvalue weighted by Crippen LogP contribution is -2.46. The molecule has 1 unspecified atom stereocenters. The van der Waals surface area contributed by atoms with E-state index in [0.29, 0.717) is 31.4 Å². The number of oxime groups is 1. The molecular weight excluding hydrogens is 411 g/mol. The van der Waals surface area contributed by atoms with Crippen LogP contribution in [0.3, 0.4) is 0 Å². The van der Waals surface area contributed by atoms with Crippen LogP contribution in [0.4, 0.5) is 4.39 Å². The van der Waals surface area contributed by atoms with Crippen molar-refractivity contribution in [3.05, 3.63) is 83.4 Å². The zero-order valence-electron chi connectivity index (χ0n) is 17.9. The highest BCUT2D eigenvalue weighted by Gasteiger charge is 2.34. The molecule has 0 saturated carbocycles. The quantitative estimate of drug-likeness (QED) is 0.619. The summed E-state index contributed by atoms with van der Waals surface area (Å²) in [6.07, 6.45) is 5.63. The summed E-state index contributed by atoms with van der Waals surface area (Å²) in [4.78, 5) is 12.0. The number of halogens is 1. The minimum atomic E-state index is -0.259. The van der Waals surface area contributed by atoms with E-state index < -0.39 is 0 Å². The standard InChI is InChI=1S/C24H23FN4O3/c1-16-13-28(15-26-16)20-8-3-17(11-22(20)30-2)12-23-24-27-32-14-21(29(24)9-10-31-23)18-4-6-19(25)7-5-18/h3-8,11-13,15,21H,9-10,14H2,1-2H3/b23-12-. The number of amidine groups is 1. The number of morpholine rings is 1. The Morgan fingerprint density at radius 3 is 2.78 bits per heavy atom. The maximum Gasteiger partial charge on any atom is 0.211 e. The summed E-state index contributed by atoms with van der Waals surface area (Å²) in [7, 11) is 1.64. The van der Waals surface area contributed by atoms with Gasteiger partial charge in [-0.05, 0) is 48.4 Å². The second-order valence-electron chi connectivity index (χ2n) is 7.68. The number of methoxy groups -OCH3 is 1. The number of hydrogen-bond donors (Lipinski definition) is 0. The van der Waals surface area contributed by atoms with E-state index in [4.69, 9.17) is 14.3 Å². The minimum absolute atomic E-state index is 0.0585. The number of benzene rings is 2. The lowest BCUT2D eigenvalue weighted by atomic mass is 10.0. The molecule has 2 aliphatic heterocycles. The van der Waals surface area contributed by atoms with E-state index >= 15 is 0 Å². The molecule has 0 bridgehead atoms. The molecule has 5 rings (SSSR count). The predicted octanol–water partition coefficient (Wildman–Crippen LogP) is 4.09. The maximum atomic E-state index is 13.4. The molecule has 0 radical (unpaired) electrons. The summed E-state index contributed by atoms with van der Waals surface area (Å²) in [6.45, 7) is 3.53. The third kappa shape index (κ3) is 3.79. The molecule has 1 saturated heterocycles. The first kappa shape index (κ1) is 20.1. The fourth-order valence-electron chi connectivity index (χ4n) is 3.99. The van der Waals surface area contributed by atoms with Crippen LogP contribution in [-0.4, -0.2) is 47.2 Å². The van der Waals surface area contributed by atoms with E-state index in [1.807, 2.05) is 42.0 Å². The summed E-state index contributed by atoms with van der Waals surface area (Å²) in [6, 6.07) is 12.4. The van der Waals surface area contributed by atoms with E-state index in [-0.39, 0.29) is 11.9 Å². The fraction of sp³-hybridized carbons (Fsp3) is 0.250. The van der Waals surface area contributed by atoms with Gasteiger partial charge in [-0.15, -0.1) is 0 Å². The maximum absolute atomic E-state index is 13.4. The average molecular weight is 434 g/mol. The molecule has 7 nitrogen and oxygen atoms in total. The van der Waals surface area contributed by atoms with Crippen molar-refractivity contribution in [2.75, 3.05) is 26.9 Å². The third-order valence-corrected chi connectivity index (χ3v) is 5.59. The number of hydrogen-bond acceptors (Lipinski definition) is 6. The van der Waals surface area contributed by atoms with Crippen molar-refractivity contribution < 1.29 is 18.7 Å². The van der Waals surface area contributed by atoms with Crippen molar-refractivity contribution in [3.8, 4) is 11.4 Å². The summed E-state index contributed by atoms with van der Waals surface area (Å²) in [5.41, 5.74) is 3.71. The summed E-state index contributed by atoms with van der Waals surface area (Å²) >= 11 is 0. The number of fused-ring (bicyclic) bond motifs is 1. The van der Waals surface area contributed by atoms with Crippen LogP contribution in [0.25, 0.3) is 11.8 Å². The molecule has 1 atom stereocenters. The molecule has 2 aliphatic rings. The molecule has 3 heterocycles. The highest BCUT2D eigenvalue weighted by molar-refractivity contribution is 6.01. The SMILES string of the molecule is COc1cc(/C=C2\OCCN3C2=NOCC3c2ccc(F)cc2)ccc1-n1cnc(C)c1. The van der Waals surface area contributed by atoms with Crippen LogP contribution in [0.2, 0.25) is 0 Å². The molecule has 2 aromatic carbocycles. The van der Waals surface area contributed by atoms with Crippen molar-refractivity contribution in [1.29, 1.82) is 0 Å². The smallest absolute Gasteiger partial charge is 0.211 e. The van der Waals surface area contributed by atoms with Gasteiger partial charge >= 0.3 is 0 Å². The minimum Gasteiger partial charge on any atom is -0.495 e.